The molecule has 0 unspecified atom stereocenters. The first kappa shape index (κ1) is 16.1. The van der Waals surface area contributed by atoms with Gasteiger partial charge < -0.3 is 14.6 Å². The van der Waals surface area contributed by atoms with E-state index >= 15 is 0 Å². The van der Waals surface area contributed by atoms with E-state index in [4.69, 9.17) is 4.74 Å². The number of hydrogen-bond acceptors (Lipinski definition) is 4. The summed E-state index contributed by atoms with van der Waals surface area (Å²) in [5, 5.41) is 2.86. The lowest BCUT2D eigenvalue weighted by Crippen LogP contribution is -2.15. The lowest BCUT2D eigenvalue weighted by Gasteiger charge is -2.14. The van der Waals surface area contributed by atoms with Crippen LogP contribution in [0.1, 0.15) is 15.9 Å². The van der Waals surface area contributed by atoms with E-state index in [0.717, 1.165) is 11.4 Å². The molecule has 0 spiro atoms. The van der Waals surface area contributed by atoms with E-state index in [2.05, 4.69) is 15.3 Å². The average Bonchev–Trinajstić information content (AvgIpc) is 3.10. The highest BCUT2D eigenvalue weighted by molar-refractivity contribution is 6.06. The Morgan fingerprint density at radius 1 is 1.15 bits per heavy atom. The number of nitrogens with one attached hydrogen (secondary N) is 1. The summed E-state index contributed by atoms with van der Waals surface area (Å²) in [5.41, 5.74) is 2.11. The molecule has 4 rings (SSSR count). The Balaban J connectivity index is 1.79. The number of amides is 1. The maximum atomic E-state index is 12.8. The third-order valence-corrected chi connectivity index (χ3v) is 4.18. The Kier molecular flexibility index (Phi) is 4.23. The first-order valence-corrected chi connectivity index (χ1v) is 8.40. The Bertz CT molecular complexity index is 991. The number of carbonyl (C=O) groups excluding carboxylic acids is 1. The van der Waals surface area contributed by atoms with E-state index in [9.17, 15) is 4.79 Å². The van der Waals surface area contributed by atoms with Gasteiger partial charge in [-0.25, -0.2) is 9.97 Å². The molecule has 2 bridgehead atoms. The molecule has 1 N–H and O–H groups in total. The summed E-state index contributed by atoms with van der Waals surface area (Å²) in [7, 11) is 0. The topological polar surface area (TPSA) is 69.0 Å². The molecule has 1 amide bonds. The third-order valence-electron chi connectivity index (χ3n) is 4.18. The van der Waals surface area contributed by atoms with E-state index in [1.54, 1.807) is 18.3 Å². The van der Waals surface area contributed by atoms with E-state index in [0.29, 0.717) is 36.0 Å². The number of rotatable bonds is 0. The average molecular weight is 346 g/mol. The predicted octanol–water partition coefficient (Wildman–Crippen LogP) is 3.45. The fourth-order valence-corrected chi connectivity index (χ4v) is 2.91. The number of aromatic nitrogens is 3. The van der Waals surface area contributed by atoms with E-state index in [-0.39, 0.29) is 5.91 Å². The zero-order valence-electron chi connectivity index (χ0n) is 14.3. The molecule has 0 saturated heterocycles. The molecule has 0 fully saturated rings. The molecule has 0 atom stereocenters. The quantitative estimate of drug-likeness (QED) is 0.633. The Hall–Kier alpha value is -3.41. The van der Waals surface area contributed by atoms with Crippen molar-refractivity contribution in [2.24, 2.45) is 0 Å². The van der Waals surface area contributed by atoms with Gasteiger partial charge in [0.1, 0.15) is 23.9 Å². The number of pyridine rings is 1. The first-order valence-electron chi connectivity index (χ1n) is 8.40. The maximum absolute atomic E-state index is 12.8. The number of fused-ring (bicyclic) bond motifs is 5. The summed E-state index contributed by atoms with van der Waals surface area (Å²) in [6.07, 6.45) is 7.59. The van der Waals surface area contributed by atoms with Gasteiger partial charge in [-0.2, -0.15) is 0 Å². The van der Waals surface area contributed by atoms with E-state index in [1.807, 2.05) is 54.1 Å². The Labute approximate surface area is 151 Å². The minimum atomic E-state index is -0.252. The standard InChI is InChI=1S/C20H18N4O2/c1-14-6-4-7-15-18(14)26-13-3-2-11-24-12-10-21-19(24)16-8-5-9-17(22-16)23-20(15)25/h2-10,12H,11,13H2,1H3,(H,22,23,25)/b3-2-. The van der Waals surface area contributed by atoms with Crippen LogP contribution >= 0.6 is 0 Å². The number of nitrogens with zero attached hydrogens (tertiary/aromatic N) is 3. The van der Waals surface area contributed by atoms with Crippen LogP contribution in [0.25, 0.3) is 11.5 Å². The normalized spacial score (nSPS) is 15.0. The van der Waals surface area contributed by atoms with Gasteiger partial charge >= 0.3 is 0 Å². The van der Waals surface area contributed by atoms with Gasteiger partial charge in [-0.05, 0) is 36.8 Å². The summed E-state index contributed by atoms with van der Waals surface area (Å²) in [4.78, 5) is 21.7. The zero-order valence-corrected chi connectivity index (χ0v) is 14.3. The van der Waals surface area contributed by atoms with Crippen LogP contribution < -0.4 is 10.1 Å². The monoisotopic (exact) mass is 346 g/mol. The highest BCUT2D eigenvalue weighted by Crippen LogP contribution is 2.25. The molecule has 6 nitrogen and oxygen atoms in total. The number of aryl methyl sites for hydroxylation is 1. The van der Waals surface area contributed by atoms with Gasteiger partial charge in [0, 0.05) is 18.9 Å². The number of benzene rings is 1. The summed E-state index contributed by atoms with van der Waals surface area (Å²) in [6.45, 7) is 2.98. The van der Waals surface area contributed by atoms with Crippen molar-refractivity contribution in [1.29, 1.82) is 0 Å². The second-order valence-electron chi connectivity index (χ2n) is 6.00. The minimum Gasteiger partial charge on any atom is -0.488 e. The van der Waals surface area contributed by atoms with Crippen molar-refractivity contribution in [3.8, 4) is 17.3 Å². The van der Waals surface area contributed by atoms with E-state index < -0.39 is 0 Å². The number of ether oxygens (including phenoxy) is 1. The molecule has 26 heavy (non-hydrogen) atoms. The van der Waals surface area contributed by atoms with Crippen LogP contribution in [0.15, 0.2) is 60.9 Å². The predicted molar refractivity (Wildman–Crippen MR) is 99.2 cm³/mol. The van der Waals surface area contributed by atoms with Gasteiger partial charge in [0.2, 0.25) is 0 Å². The minimum absolute atomic E-state index is 0.252. The zero-order chi connectivity index (χ0) is 17.9. The molecule has 0 radical (unpaired) electrons. The second-order valence-corrected chi connectivity index (χ2v) is 6.00. The van der Waals surface area contributed by atoms with Crippen LogP contribution in [0.4, 0.5) is 5.82 Å². The highest BCUT2D eigenvalue weighted by Gasteiger charge is 2.16. The van der Waals surface area contributed by atoms with Crippen LogP contribution in [0, 0.1) is 6.92 Å². The van der Waals surface area contributed by atoms with Gasteiger partial charge in [0.05, 0.1) is 5.56 Å². The SMILES string of the molecule is Cc1cccc2c1OC/C=C\Cn1ccnc1-c1cccc(n1)NC2=O. The van der Waals surface area contributed by atoms with Crippen LogP contribution in [0.3, 0.4) is 0 Å². The number of para-hydroxylation sites is 1. The molecule has 1 aromatic carbocycles. The maximum Gasteiger partial charge on any atom is 0.260 e. The van der Waals surface area contributed by atoms with Crippen molar-refractivity contribution in [2.75, 3.05) is 11.9 Å². The Morgan fingerprint density at radius 3 is 2.96 bits per heavy atom. The first-order chi connectivity index (χ1) is 12.7. The molecular formula is C20H18N4O2. The van der Waals surface area contributed by atoms with Crippen LogP contribution in [0.5, 0.6) is 5.75 Å². The van der Waals surface area contributed by atoms with Gasteiger partial charge in [-0.1, -0.05) is 24.3 Å². The fourth-order valence-electron chi connectivity index (χ4n) is 2.91. The lowest BCUT2D eigenvalue weighted by molar-refractivity contribution is 0.102. The number of anilines is 1. The number of carbonyl (C=O) groups is 1. The molecule has 3 heterocycles. The summed E-state index contributed by atoms with van der Waals surface area (Å²) in [5.74, 6) is 1.56. The van der Waals surface area contributed by atoms with E-state index in [1.165, 1.54) is 0 Å². The summed E-state index contributed by atoms with van der Waals surface area (Å²) in [6, 6.07) is 11.0. The van der Waals surface area contributed by atoms with Gasteiger partial charge in [-0.3, -0.25) is 4.79 Å². The van der Waals surface area contributed by atoms with Crippen LogP contribution in [-0.2, 0) is 6.54 Å². The fraction of sp³-hybridized carbons (Fsp3) is 0.150. The van der Waals surface area contributed by atoms with Gasteiger partial charge in [0.15, 0.2) is 5.82 Å². The summed E-state index contributed by atoms with van der Waals surface area (Å²) < 4.78 is 7.86. The van der Waals surface area contributed by atoms with Crippen LogP contribution in [0.2, 0.25) is 0 Å². The molecule has 0 saturated carbocycles. The number of allylic oxidation sites excluding steroid dienone is 1. The smallest absolute Gasteiger partial charge is 0.260 e. The number of hydrogen-bond donors (Lipinski definition) is 1. The van der Waals surface area contributed by atoms with Crippen molar-refractivity contribution in [1.82, 2.24) is 14.5 Å². The van der Waals surface area contributed by atoms with Gasteiger partial charge in [-0.15, -0.1) is 0 Å². The van der Waals surface area contributed by atoms with Crippen molar-refractivity contribution >= 4 is 11.7 Å². The molecule has 2 aromatic heterocycles. The summed E-state index contributed by atoms with van der Waals surface area (Å²) >= 11 is 0. The van der Waals surface area contributed by atoms with Crippen molar-refractivity contribution in [3.63, 3.8) is 0 Å². The molecule has 3 aromatic rings. The molecular weight excluding hydrogens is 328 g/mol. The largest absolute Gasteiger partial charge is 0.488 e. The molecule has 0 aliphatic carbocycles. The van der Waals surface area contributed by atoms with Crippen LogP contribution in [-0.4, -0.2) is 27.0 Å². The molecule has 6 heteroatoms. The second kappa shape index (κ2) is 6.84. The molecule has 1 aliphatic heterocycles. The van der Waals surface area contributed by atoms with Crippen molar-refractivity contribution in [2.45, 2.75) is 13.5 Å². The Morgan fingerprint density at radius 2 is 2.04 bits per heavy atom. The van der Waals surface area contributed by atoms with Gasteiger partial charge in [0.25, 0.3) is 5.91 Å². The third kappa shape index (κ3) is 3.09. The van der Waals surface area contributed by atoms with Crippen molar-refractivity contribution < 1.29 is 9.53 Å². The lowest BCUT2D eigenvalue weighted by atomic mass is 10.1. The highest BCUT2D eigenvalue weighted by atomic mass is 16.5. The molecule has 130 valence electrons. The molecule has 1 aliphatic rings. The van der Waals surface area contributed by atoms with Crippen molar-refractivity contribution in [3.05, 3.63) is 72.1 Å². The number of imidazole rings is 1.